The Labute approximate surface area is 146 Å². The molecule has 2 aromatic rings. The van der Waals surface area contributed by atoms with E-state index in [-0.39, 0.29) is 23.7 Å². The number of amides is 1. The lowest BCUT2D eigenvalue weighted by molar-refractivity contribution is -0.0586. The quantitative estimate of drug-likeness (QED) is 0.932. The number of benzene rings is 2. The smallest absolute Gasteiger partial charge is 0.336 e. The van der Waals surface area contributed by atoms with Crippen molar-refractivity contribution >= 4 is 11.9 Å². The molecule has 5 nitrogen and oxygen atoms in total. The summed E-state index contributed by atoms with van der Waals surface area (Å²) in [4.78, 5) is 26.4. The molecule has 1 aliphatic rings. The van der Waals surface area contributed by atoms with Gasteiger partial charge in [-0.2, -0.15) is 0 Å². The van der Waals surface area contributed by atoms with Crippen LogP contribution in [0.3, 0.4) is 0 Å². The van der Waals surface area contributed by atoms with Crippen molar-refractivity contribution < 1.29 is 19.4 Å². The molecule has 1 heterocycles. The van der Waals surface area contributed by atoms with E-state index in [1.54, 1.807) is 47.4 Å². The zero-order valence-corrected chi connectivity index (χ0v) is 14.3. The lowest BCUT2D eigenvalue weighted by Crippen LogP contribution is -2.48. The van der Waals surface area contributed by atoms with Crippen LogP contribution in [0.5, 0.6) is 0 Å². The van der Waals surface area contributed by atoms with Crippen LogP contribution in [0.2, 0.25) is 0 Å². The lowest BCUT2D eigenvalue weighted by atomic mass is 9.94. The highest BCUT2D eigenvalue weighted by Crippen LogP contribution is 2.29. The van der Waals surface area contributed by atoms with Crippen molar-refractivity contribution in [2.45, 2.75) is 26.1 Å². The Morgan fingerprint density at radius 1 is 0.920 bits per heavy atom. The largest absolute Gasteiger partial charge is 0.478 e. The van der Waals surface area contributed by atoms with E-state index in [2.05, 4.69) is 0 Å². The minimum absolute atomic E-state index is 0.0221. The van der Waals surface area contributed by atoms with Crippen LogP contribution in [0.1, 0.15) is 34.6 Å². The molecule has 0 bridgehead atoms. The average Bonchev–Trinajstić information content (AvgIpc) is 2.60. The Hall–Kier alpha value is -2.66. The van der Waals surface area contributed by atoms with Gasteiger partial charge in [0.05, 0.1) is 17.8 Å². The summed E-state index contributed by atoms with van der Waals surface area (Å²) in [6, 6.07) is 13.9. The molecule has 2 aromatic carbocycles. The van der Waals surface area contributed by atoms with Gasteiger partial charge in [-0.05, 0) is 37.1 Å². The number of carbonyl (C=O) groups is 2. The van der Waals surface area contributed by atoms with Gasteiger partial charge in [0, 0.05) is 18.7 Å². The fourth-order valence-corrected chi connectivity index (χ4v) is 3.32. The Kier molecular flexibility index (Phi) is 4.86. The molecule has 0 saturated carbocycles. The second-order valence-electron chi connectivity index (χ2n) is 6.36. The van der Waals surface area contributed by atoms with Crippen LogP contribution in [-0.4, -0.2) is 47.2 Å². The first-order valence-corrected chi connectivity index (χ1v) is 8.34. The van der Waals surface area contributed by atoms with Gasteiger partial charge < -0.3 is 14.7 Å². The zero-order valence-electron chi connectivity index (χ0n) is 14.3. The number of rotatable bonds is 3. The lowest BCUT2D eigenvalue weighted by Gasteiger charge is -2.35. The third kappa shape index (κ3) is 3.56. The molecule has 2 atom stereocenters. The van der Waals surface area contributed by atoms with E-state index in [1.165, 1.54) is 0 Å². The fourth-order valence-electron chi connectivity index (χ4n) is 3.32. The number of ether oxygens (including phenoxy) is 1. The molecule has 3 rings (SSSR count). The molecular formula is C20H21NO4. The second kappa shape index (κ2) is 7.07. The molecule has 130 valence electrons. The molecule has 1 saturated heterocycles. The number of carbonyl (C=O) groups excluding carboxylic acids is 1. The van der Waals surface area contributed by atoms with Gasteiger partial charge in [-0.3, -0.25) is 4.79 Å². The van der Waals surface area contributed by atoms with Crippen molar-refractivity contribution in [2.24, 2.45) is 0 Å². The van der Waals surface area contributed by atoms with Crippen LogP contribution >= 0.6 is 0 Å². The minimum atomic E-state index is -1.01. The summed E-state index contributed by atoms with van der Waals surface area (Å²) in [5, 5.41) is 9.46. The van der Waals surface area contributed by atoms with E-state index in [1.807, 2.05) is 19.9 Å². The van der Waals surface area contributed by atoms with Crippen molar-refractivity contribution in [2.75, 3.05) is 13.1 Å². The summed E-state index contributed by atoms with van der Waals surface area (Å²) < 4.78 is 5.70. The van der Waals surface area contributed by atoms with E-state index < -0.39 is 5.97 Å². The third-order valence-electron chi connectivity index (χ3n) is 4.31. The van der Waals surface area contributed by atoms with E-state index >= 15 is 0 Å². The summed E-state index contributed by atoms with van der Waals surface area (Å²) in [5.41, 5.74) is 1.88. The van der Waals surface area contributed by atoms with Crippen molar-refractivity contribution in [1.82, 2.24) is 4.90 Å². The van der Waals surface area contributed by atoms with Crippen molar-refractivity contribution in [1.29, 1.82) is 0 Å². The van der Waals surface area contributed by atoms with E-state index in [0.717, 1.165) is 0 Å². The molecule has 25 heavy (non-hydrogen) atoms. The standard InChI is InChI=1S/C20H21NO4/c1-13-11-21(12-14(2)25-13)19(22)17-9-5-3-7-15(17)16-8-4-6-10-18(16)20(23)24/h3-10,13-14H,11-12H2,1-2H3,(H,23,24)/t13-,14-/m1/s1. The highest BCUT2D eigenvalue weighted by molar-refractivity contribution is 6.04. The van der Waals surface area contributed by atoms with Crippen molar-refractivity contribution in [3.63, 3.8) is 0 Å². The monoisotopic (exact) mass is 339 g/mol. The second-order valence-corrected chi connectivity index (χ2v) is 6.36. The SMILES string of the molecule is C[C@@H]1CN(C(=O)c2ccccc2-c2ccccc2C(=O)O)C[C@@H](C)O1. The summed E-state index contributed by atoms with van der Waals surface area (Å²) >= 11 is 0. The van der Waals surface area contributed by atoms with Gasteiger partial charge in [0.15, 0.2) is 0 Å². The number of hydrogen-bond acceptors (Lipinski definition) is 3. The normalized spacial score (nSPS) is 20.3. The Balaban J connectivity index is 2.02. The van der Waals surface area contributed by atoms with Gasteiger partial charge in [0.25, 0.3) is 5.91 Å². The van der Waals surface area contributed by atoms with Gasteiger partial charge in [-0.25, -0.2) is 4.79 Å². The molecule has 1 N–H and O–H groups in total. The Bertz CT molecular complexity index is 792. The molecule has 1 amide bonds. The molecule has 0 unspecified atom stereocenters. The maximum absolute atomic E-state index is 13.1. The average molecular weight is 339 g/mol. The van der Waals surface area contributed by atoms with Gasteiger partial charge in [-0.1, -0.05) is 36.4 Å². The third-order valence-corrected chi connectivity index (χ3v) is 4.31. The number of carboxylic acids is 1. The number of aromatic carboxylic acids is 1. The molecule has 0 spiro atoms. The highest BCUT2D eigenvalue weighted by atomic mass is 16.5. The molecule has 0 radical (unpaired) electrons. The molecule has 5 heteroatoms. The summed E-state index contributed by atoms with van der Waals surface area (Å²) in [7, 11) is 0. The Morgan fingerprint density at radius 2 is 1.40 bits per heavy atom. The van der Waals surface area contributed by atoms with Crippen LogP contribution in [0, 0.1) is 0 Å². The highest BCUT2D eigenvalue weighted by Gasteiger charge is 2.28. The van der Waals surface area contributed by atoms with E-state index in [0.29, 0.717) is 29.8 Å². The van der Waals surface area contributed by atoms with Gasteiger partial charge in [0.2, 0.25) is 0 Å². The minimum Gasteiger partial charge on any atom is -0.478 e. The molecule has 1 fully saturated rings. The van der Waals surface area contributed by atoms with Crippen LogP contribution in [0.25, 0.3) is 11.1 Å². The van der Waals surface area contributed by atoms with E-state index in [4.69, 9.17) is 4.74 Å². The topological polar surface area (TPSA) is 66.8 Å². The molecule has 0 aromatic heterocycles. The van der Waals surface area contributed by atoms with Gasteiger partial charge in [0.1, 0.15) is 0 Å². The Morgan fingerprint density at radius 3 is 1.96 bits per heavy atom. The first-order chi connectivity index (χ1) is 12.0. The van der Waals surface area contributed by atoms with E-state index in [9.17, 15) is 14.7 Å². The maximum Gasteiger partial charge on any atom is 0.336 e. The number of nitrogens with zero attached hydrogens (tertiary/aromatic N) is 1. The maximum atomic E-state index is 13.1. The molecule has 0 aliphatic carbocycles. The fraction of sp³-hybridized carbons (Fsp3) is 0.300. The number of carboxylic acid groups (broad SMARTS) is 1. The number of hydrogen-bond donors (Lipinski definition) is 1. The first-order valence-electron chi connectivity index (χ1n) is 8.34. The van der Waals surface area contributed by atoms with Crippen LogP contribution < -0.4 is 0 Å². The van der Waals surface area contributed by atoms with Crippen molar-refractivity contribution in [3.8, 4) is 11.1 Å². The number of morpholine rings is 1. The van der Waals surface area contributed by atoms with Crippen molar-refractivity contribution in [3.05, 3.63) is 59.7 Å². The first kappa shape index (κ1) is 17.2. The summed E-state index contributed by atoms with van der Waals surface area (Å²) in [6.45, 7) is 4.94. The van der Waals surface area contributed by atoms with Crippen LogP contribution in [-0.2, 0) is 4.74 Å². The molecule has 1 aliphatic heterocycles. The summed E-state index contributed by atoms with van der Waals surface area (Å²) in [6.07, 6.45) is -0.0441. The predicted octanol–water partition coefficient (Wildman–Crippen LogP) is 3.30. The zero-order chi connectivity index (χ0) is 18.0. The molecular weight excluding hydrogens is 318 g/mol. The van der Waals surface area contributed by atoms with Gasteiger partial charge in [-0.15, -0.1) is 0 Å². The van der Waals surface area contributed by atoms with Crippen LogP contribution in [0.15, 0.2) is 48.5 Å². The van der Waals surface area contributed by atoms with Crippen LogP contribution in [0.4, 0.5) is 0 Å². The predicted molar refractivity (Wildman–Crippen MR) is 94.7 cm³/mol. The van der Waals surface area contributed by atoms with Gasteiger partial charge >= 0.3 is 5.97 Å². The summed E-state index contributed by atoms with van der Waals surface area (Å²) in [5.74, 6) is -1.11.